The molecular formula is C41H86N2O3+2. The van der Waals surface area contributed by atoms with E-state index in [1.807, 2.05) is 0 Å². The third-order valence-electron chi connectivity index (χ3n) is 9.99. The van der Waals surface area contributed by atoms with Gasteiger partial charge in [-0.25, -0.2) is 4.79 Å². The summed E-state index contributed by atoms with van der Waals surface area (Å²) in [4.78, 5) is 11.9. The fraction of sp³-hybridized carbons (Fsp3) is 0.976. The van der Waals surface area contributed by atoms with Gasteiger partial charge in [-0.05, 0) is 77.0 Å². The zero-order valence-corrected chi connectivity index (χ0v) is 32.7. The first-order valence-corrected chi connectivity index (χ1v) is 20.7. The Kier molecular flexibility index (Phi) is 32.1. The standard InChI is InChI=1S/C41H86N2O3/c1-7-9-11-13-15-17-19-21-23-29-35-42(3,4)37-31-25-27-33-39-45-41(44)46-40-34-28-26-32-38-43(5,6)36-30-24-22-20-18-16-14-12-10-8-2/h7-40H2,1-6H3/q+2. The predicted octanol–water partition coefficient (Wildman–Crippen LogP) is 12.3. The zero-order valence-electron chi connectivity index (χ0n) is 32.7. The number of unbranched alkanes of at least 4 members (excludes halogenated alkanes) is 24. The van der Waals surface area contributed by atoms with E-state index in [0.717, 1.165) is 34.6 Å². The number of quaternary nitrogens is 2. The normalized spacial score (nSPS) is 12.1. The summed E-state index contributed by atoms with van der Waals surface area (Å²) >= 11 is 0. The molecule has 0 bridgehead atoms. The van der Waals surface area contributed by atoms with E-state index in [2.05, 4.69) is 42.0 Å². The van der Waals surface area contributed by atoms with Crippen LogP contribution in [-0.2, 0) is 9.47 Å². The van der Waals surface area contributed by atoms with Gasteiger partial charge in [0, 0.05) is 0 Å². The van der Waals surface area contributed by atoms with Crippen molar-refractivity contribution < 1.29 is 23.2 Å². The smallest absolute Gasteiger partial charge is 0.434 e. The summed E-state index contributed by atoms with van der Waals surface area (Å²) in [6.07, 6.45) is 36.7. The molecule has 0 aliphatic heterocycles. The van der Waals surface area contributed by atoms with Crippen LogP contribution in [0.5, 0.6) is 0 Å². The number of ether oxygens (including phenoxy) is 2. The summed E-state index contributed by atoms with van der Waals surface area (Å²) in [5, 5.41) is 0. The quantitative estimate of drug-likeness (QED) is 0.0383. The average Bonchev–Trinajstić information content (AvgIpc) is 3.01. The Morgan fingerprint density at radius 2 is 0.565 bits per heavy atom. The molecule has 0 fully saturated rings. The molecule has 5 heteroatoms. The molecule has 0 rings (SSSR count). The lowest BCUT2D eigenvalue weighted by Crippen LogP contribution is -2.41. The largest absolute Gasteiger partial charge is 0.508 e. The van der Waals surface area contributed by atoms with Gasteiger partial charge in [0.25, 0.3) is 0 Å². The number of carbonyl (C=O) groups excluding carboxylic acids is 1. The summed E-state index contributed by atoms with van der Waals surface area (Å²) in [5.74, 6) is 0. The maximum atomic E-state index is 11.9. The first-order valence-electron chi connectivity index (χ1n) is 20.7. The Balaban J connectivity index is 3.50. The highest BCUT2D eigenvalue weighted by atomic mass is 16.7. The topological polar surface area (TPSA) is 35.5 Å². The van der Waals surface area contributed by atoms with Gasteiger partial charge >= 0.3 is 6.16 Å². The third-order valence-corrected chi connectivity index (χ3v) is 9.99. The summed E-state index contributed by atoms with van der Waals surface area (Å²) in [6.45, 7) is 10.6. The molecule has 0 aliphatic carbocycles. The molecule has 0 amide bonds. The SMILES string of the molecule is CCCCCCCCCCCC[N+](C)(C)CCCCCCOC(=O)OCCCCCC[N+](C)(C)CCCCCCCCCCCC. The van der Waals surface area contributed by atoms with E-state index in [4.69, 9.17) is 9.47 Å². The number of hydrogen-bond donors (Lipinski definition) is 0. The van der Waals surface area contributed by atoms with Crippen molar-refractivity contribution in [1.29, 1.82) is 0 Å². The van der Waals surface area contributed by atoms with E-state index in [-0.39, 0.29) is 0 Å². The molecule has 0 heterocycles. The van der Waals surface area contributed by atoms with Gasteiger partial charge < -0.3 is 18.4 Å². The molecule has 0 N–H and O–H groups in total. The van der Waals surface area contributed by atoms with Gasteiger partial charge in [-0.2, -0.15) is 0 Å². The number of nitrogens with zero attached hydrogens (tertiary/aromatic N) is 2. The molecule has 0 spiro atoms. The minimum atomic E-state index is -0.483. The van der Waals surface area contributed by atoms with E-state index in [0.29, 0.717) is 13.2 Å². The molecule has 0 aliphatic rings. The molecule has 0 saturated heterocycles. The van der Waals surface area contributed by atoms with Crippen LogP contribution in [0.3, 0.4) is 0 Å². The molecule has 46 heavy (non-hydrogen) atoms. The maximum absolute atomic E-state index is 11.9. The first kappa shape index (κ1) is 45.2. The molecule has 0 aromatic heterocycles. The predicted molar refractivity (Wildman–Crippen MR) is 202 cm³/mol. The van der Waals surface area contributed by atoms with Crippen molar-refractivity contribution in [3.05, 3.63) is 0 Å². The summed E-state index contributed by atoms with van der Waals surface area (Å²) < 4.78 is 12.9. The Morgan fingerprint density at radius 3 is 0.826 bits per heavy atom. The second-order valence-electron chi connectivity index (χ2n) is 15.9. The molecule has 0 unspecified atom stereocenters. The van der Waals surface area contributed by atoms with Crippen molar-refractivity contribution >= 4 is 6.16 Å². The van der Waals surface area contributed by atoms with Gasteiger partial charge in [0.1, 0.15) is 0 Å². The van der Waals surface area contributed by atoms with E-state index >= 15 is 0 Å². The molecule has 0 aromatic rings. The monoisotopic (exact) mass is 655 g/mol. The lowest BCUT2D eigenvalue weighted by Gasteiger charge is -2.30. The minimum Gasteiger partial charge on any atom is -0.434 e. The molecule has 5 nitrogen and oxygen atoms in total. The van der Waals surface area contributed by atoms with Crippen molar-refractivity contribution in [2.45, 2.75) is 194 Å². The highest BCUT2D eigenvalue weighted by Gasteiger charge is 2.15. The average molecular weight is 655 g/mol. The number of carbonyl (C=O) groups is 1. The van der Waals surface area contributed by atoms with Gasteiger partial charge in [-0.15, -0.1) is 0 Å². The van der Waals surface area contributed by atoms with Crippen LogP contribution >= 0.6 is 0 Å². The van der Waals surface area contributed by atoms with E-state index < -0.39 is 6.16 Å². The lowest BCUT2D eigenvalue weighted by molar-refractivity contribution is -0.890. The lowest BCUT2D eigenvalue weighted by atomic mass is 10.1. The van der Waals surface area contributed by atoms with Crippen molar-refractivity contribution in [2.24, 2.45) is 0 Å². The van der Waals surface area contributed by atoms with Gasteiger partial charge in [-0.1, -0.05) is 117 Å². The maximum Gasteiger partial charge on any atom is 0.508 e. The second kappa shape index (κ2) is 32.7. The fourth-order valence-electron chi connectivity index (χ4n) is 6.62. The van der Waals surface area contributed by atoms with Crippen LogP contribution in [0.1, 0.15) is 194 Å². The van der Waals surface area contributed by atoms with Crippen LogP contribution in [0.2, 0.25) is 0 Å². The highest BCUT2D eigenvalue weighted by Crippen LogP contribution is 2.14. The van der Waals surface area contributed by atoms with Crippen molar-refractivity contribution in [2.75, 3.05) is 67.6 Å². The molecular weight excluding hydrogens is 568 g/mol. The van der Waals surface area contributed by atoms with Crippen LogP contribution in [0.15, 0.2) is 0 Å². The summed E-state index contributed by atoms with van der Waals surface area (Å²) in [7, 11) is 9.53. The minimum absolute atomic E-state index is 0.483. The fourth-order valence-corrected chi connectivity index (χ4v) is 6.62. The zero-order chi connectivity index (χ0) is 34.0. The van der Waals surface area contributed by atoms with Crippen molar-refractivity contribution in [3.63, 3.8) is 0 Å². The number of hydrogen-bond acceptors (Lipinski definition) is 3. The van der Waals surface area contributed by atoms with Gasteiger partial charge in [0.2, 0.25) is 0 Å². The van der Waals surface area contributed by atoms with E-state index in [1.165, 1.54) is 180 Å². The van der Waals surface area contributed by atoms with E-state index in [9.17, 15) is 4.79 Å². The Hall–Kier alpha value is -0.810. The van der Waals surface area contributed by atoms with Crippen LogP contribution in [0, 0.1) is 0 Å². The van der Waals surface area contributed by atoms with Crippen molar-refractivity contribution in [1.82, 2.24) is 0 Å². The summed E-state index contributed by atoms with van der Waals surface area (Å²) in [5.41, 5.74) is 0. The van der Waals surface area contributed by atoms with Crippen LogP contribution < -0.4 is 0 Å². The van der Waals surface area contributed by atoms with Gasteiger partial charge in [0.05, 0.1) is 67.6 Å². The molecule has 276 valence electrons. The summed E-state index contributed by atoms with van der Waals surface area (Å²) in [6, 6.07) is 0. The third kappa shape index (κ3) is 34.5. The van der Waals surface area contributed by atoms with Gasteiger partial charge in [0.15, 0.2) is 0 Å². The van der Waals surface area contributed by atoms with Crippen LogP contribution in [0.25, 0.3) is 0 Å². The molecule has 0 aromatic carbocycles. The Morgan fingerprint density at radius 1 is 0.348 bits per heavy atom. The molecule has 0 atom stereocenters. The molecule has 0 saturated carbocycles. The number of rotatable bonds is 36. The van der Waals surface area contributed by atoms with Crippen molar-refractivity contribution in [3.8, 4) is 0 Å². The highest BCUT2D eigenvalue weighted by molar-refractivity contribution is 5.59. The van der Waals surface area contributed by atoms with E-state index in [1.54, 1.807) is 0 Å². The second-order valence-corrected chi connectivity index (χ2v) is 15.9. The first-order chi connectivity index (χ1) is 22.2. The Labute approximate surface area is 290 Å². The molecule has 0 radical (unpaired) electrons. The van der Waals surface area contributed by atoms with Crippen LogP contribution in [0.4, 0.5) is 4.79 Å². The Bertz CT molecular complexity index is 585. The van der Waals surface area contributed by atoms with Gasteiger partial charge in [-0.3, -0.25) is 0 Å². The van der Waals surface area contributed by atoms with Crippen LogP contribution in [-0.4, -0.2) is 82.7 Å².